The summed E-state index contributed by atoms with van der Waals surface area (Å²) in [6.07, 6.45) is 2.58. The van der Waals surface area contributed by atoms with Crippen LogP contribution in [0.4, 0.5) is 0 Å². The molecule has 5 heteroatoms. The van der Waals surface area contributed by atoms with E-state index in [1.807, 2.05) is 35.7 Å². The molecule has 0 aromatic carbocycles. The SMILES string of the molecule is CCC(C)C(O)CNCc1c(Cl)nc2ccccn12. The monoisotopic (exact) mass is 281 g/mol. The lowest BCUT2D eigenvalue weighted by molar-refractivity contribution is 0.112. The van der Waals surface area contributed by atoms with Crippen LogP contribution in [0, 0.1) is 5.92 Å². The molecule has 0 radical (unpaired) electrons. The molecule has 2 unspecified atom stereocenters. The Hall–Kier alpha value is -1.10. The first kappa shape index (κ1) is 14.3. The van der Waals surface area contributed by atoms with Crippen LogP contribution in [0.25, 0.3) is 5.65 Å². The second kappa shape index (κ2) is 6.37. The van der Waals surface area contributed by atoms with Gasteiger partial charge in [-0.25, -0.2) is 4.98 Å². The molecule has 0 aliphatic carbocycles. The van der Waals surface area contributed by atoms with Crippen LogP contribution < -0.4 is 5.32 Å². The van der Waals surface area contributed by atoms with Crippen LogP contribution in [-0.4, -0.2) is 27.1 Å². The number of nitrogens with one attached hydrogen (secondary N) is 1. The fourth-order valence-electron chi connectivity index (χ4n) is 1.99. The standard InChI is InChI=1S/C14H20ClN3O/c1-3-10(2)12(19)9-16-8-11-14(15)17-13-6-4-5-7-18(11)13/h4-7,10,12,16,19H,3,8-9H2,1-2H3. The van der Waals surface area contributed by atoms with Gasteiger partial charge in [0.1, 0.15) is 5.65 Å². The number of aliphatic hydroxyl groups excluding tert-OH is 1. The van der Waals surface area contributed by atoms with E-state index < -0.39 is 0 Å². The van der Waals surface area contributed by atoms with E-state index in [4.69, 9.17) is 11.6 Å². The van der Waals surface area contributed by atoms with E-state index in [-0.39, 0.29) is 6.10 Å². The number of hydrogen-bond acceptors (Lipinski definition) is 3. The minimum atomic E-state index is -0.331. The molecule has 0 spiro atoms. The Bertz CT molecular complexity index is 540. The zero-order valence-electron chi connectivity index (χ0n) is 11.3. The normalized spacial score (nSPS) is 14.7. The summed E-state index contributed by atoms with van der Waals surface area (Å²) in [4.78, 5) is 4.29. The molecule has 0 saturated heterocycles. The Kier molecular flexibility index (Phi) is 4.80. The van der Waals surface area contributed by atoms with E-state index in [0.717, 1.165) is 17.8 Å². The van der Waals surface area contributed by atoms with Gasteiger partial charge in [0.05, 0.1) is 11.8 Å². The van der Waals surface area contributed by atoms with Crippen LogP contribution in [0.15, 0.2) is 24.4 Å². The smallest absolute Gasteiger partial charge is 0.152 e. The van der Waals surface area contributed by atoms with Crippen LogP contribution in [0.5, 0.6) is 0 Å². The van der Waals surface area contributed by atoms with Crippen LogP contribution in [0.1, 0.15) is 26.0 Å². The van der Waals surface area contributed by atoms with Crippen LogP contribution >= 0.6 is 11.6 Å². The van der Waals surface area contributed by atoms with Crippen molar-refractivity contribution in [3.63, 3.8) is 0 Å². The van der Waals surface area contributed by atoms with E-state index in [2.05, 4.69) is 17.2 Å². The van der Waals surface area contributed by atoms with Gasteiger partial charge in [0.2, 0.25) is 0 Å². The number of rotatable bonds is 6. The van der Waals surface area contributed by atoms with Crippen molar-refractivity contribution in [2.24, 2.45) is 5.92 Å². The molecule has 2 rings (SSSR count). The highest BCUT2D eigenvalue weighted by atomic mass is 35.5. The molecular formula is C14H20ClN3O. The van der Waals surface area contributed by atoms with Crippen molar-refractivity contribution in [3.05, 3.63) is 35.2 Å². The summed E-state index contributed by atoms with van der Waals surface area (Å²) in [6.45, 7) is 5.28. The Balaban J connectivity index is 2.00. The van der Waals surface area contributed by atoms with Gasteiger partial charge in [0.25, 0.3) is 0 Å². The average Bonchev–Trinajstić information content (AvgIpc) is 2.74. The first-order chi connectivity index (χ1) is 9.13. The molecule has 2 aromatic heterocycles. The molecule has 0 aliphatic heterocycles. The zero-order chi connectivity index (χ0) is 13.8. The second-order valence-corrected chi connectivity index (χ2v) is 5.22. The minimum absolute atomic E-state index is 0.296. The maximum Gasteiger partial charge on any atom is 0.152 e. The number of imidazole rings is 1. The lowest BCUT2D eigenvalue weighted by atomic mass is 10.0. The first-order valence-electron chi connectivity index (χ1n) is 6.63. The summed E-state index contributed by atoms with van der Waals surface area (Å²) >= 11 is 6.14. The summed E-state index contributed by atoms with van der Waals surface area (Å²) in [6, 6.07) is 5.80. The lowest BCUT2D eigenvalue weighted by Gasteiger charge is -2.17. The van der Waals surface area contributed by atoms with Crippen molar-refractivity contribution in [1.29, 1.82) is 0 Å². The van der Waals surface area contributed by atoms with Crippen LogP contribution in [0.3, 0.4) is 0 Å². The molecule has 4 nitrogen and oxygen atoms in total. The second-order valence-electron chi connectivity index (χ2n) is 4.86. The summed E-state index contributed by atoms with van der Waals surface area (Å²) in [5, 5.41) is 13.7. The van der Waals surface area contributed by atoms with Crippen molar-refractivity contribution in [2.75, 3.05) is 6.54 Å². The number of nitrogens with zero attached hydrogens (tertiary/aromatic N) is 2. The summed E-state index contributed by atoms with van der Waals surface area (Å²) < 4.78 is 1.96. The number of pyridine rings is 1. The van der Waals surface area contributed by atoms with Gasteiger partial charge >= 0.3 is 0 Å². The van der Waals surface area contributed by atoms with Gasteiger partial charge in [-0.2, -0.15) is 0 Å². The van der Waals surface area contributed by atoms with E-state index in [9.17, 15) is 5.11 Å². The third-order valence-corrected chi connectivity index (χ3v) is 3.83. The molecule has 0 fully saturated rings. The predicted octanol–water partition coefficient (Wildman–Crippen LogP) is 2.48. The molecule has 0 amide bonds. The Morgan fingerprint density at radius 3 is 3.00 bits per heavy atom. The van der Waals surface area contributed by atoms with Crippen molar-refractivity contribution in [3.8, 4) is 0 Å². The molecule has 2 N–H and O–H groups in total. The third kappa shape index (κ3) is 3.26. The largest absolute Gasteiger partial charge is 0.392 e. The first-order valence-corrected chi connectivity index (χ1v) is 7.01. The molecular weight excluding hydrogens is 262 g/mol. The lowest BCUT2D eigenvalue weighted by Crippen LogP contribution is -2.31. The number of fused-ring (bicyclic) bond motifs is 1. The molecule has 2 atom stereocenters. The molecule has 0 saturated carbocycles. The summed E-state index contributed by atoms with van der Waals surface area (Å²) in [7, 11) is 0. The van der Waals surface area contributed by atoms with Gasteiger partial charge in [-0.3, -0.25) is 0 Å². The fraction of sp³-hybridized carbons (Fsp3) is 0.500. The molecule has 2 aromatic rings. The van der Waals surface area contributed by atoms with Crippen molar-refractivity contribution >= 4 is 17.2 Å². The van der Waals surface area contributed by atoms with Gasteiger partial charge in [0, 0.05) is 19.3 Å². The number of aromatic nitrogens is 2. The Labute approximate surface area is 118 Å². The van der Waals surface area contributed by atoms with Crippen molar-refractivity contribution in [1.82, 2.24) is 14.7 Å². The predicted molar refractivity (Wildman–Crippen MR) is 77.4 cm³/mol. The minimum Gasteiger partial charge on any atom is -0.392 e. The highest BCUT2D eigenvalue weighted by Crippen LogP contribution is 2.17. The highest BCUT2D eigenvalue weighted by molar-refractivity contribution is 6.30. The van der Waals surface area contributed by atoms with Gasteiger partial charge in [-0.05, 0) is 18.1 Å². The van der Waals surface area contributed by atoms with Gasteiger partial charge < -0.3 is 14.8 Å². The van der Waals surface area contributed by atoms with Crippen molar-refractivity contribution < 1.29 is 5.11 Å². The van der Waals surface area contributed by atoms with E-state index in [1.165, 1.54) is 0 Å². The van der Waals surface area contributed by atoms with Crippen LogP contribution in [-0.2, 0) is 6.54 Å². The molecule has 19 heavy (non-hydrogen) atoms. The maximum atomic E-state index is 9.91. The van der Waals surface area contributed by atoms with E-state index in [1.54, 1.807) is 0 Å². The zero-order valence-corrected chi connectivity index (χ0v) is 12.1. The van der Waals surface area contributed by atoms with Crippen LogP contribution in [0.2, 0.25) is 5.15 Å². The molecule has 2 heterocycles. The Morgan fingerprint density at radius 1 is 1.47 bits per heavy atom. The van der Waals surface area contributed by atoms with Gasteiger partial charge in [0.15, 0.2) is 5.15 Å². The van der Waals surface area contributed by atoms with Gasteiger partial charge in [-0.1, -0.05) is 37.9 Å². The summed E-state index contributed by atoms with van der Waals surface area (Å²) in [5.41, 5.74) is 1.76. The van der Waals surface area contributed by atoms with Crippen molar-refractivity contribution in [2.45, 2.75) is 32.9 Å². The third-order valence-electron chi connectivity index (χ3n) is 3.53. The fourth-order valence-corrected chi connectivity index (χ4v) is 2.23. The topological polar surface area (TPSA) is 49.6 Å². The molecule has 0 bridgehead atoms. The number of hydrogen-bond donors (Lipinski definition) is 2. The highest BCUT2D eigenvalue weighted by Gasteiger charge is 2.13. The quantitative estimate of drug-likeness (QED) is 0.855. The Morgan fingerprint density at radius 2 is 2.26 bits per heavy atom. The number of aliphatic hydroxyl groups is 1. The molecule has 104 valence electrons. The maximum absolute atomic E-state index is 9.91. The van der Waals surface area contributed by atoms with E-state index in [0.29, 0.717) is 24.2 Å². The average molecular weight is 282 g/mol. The van der Waals surface area contributed by atoms with E-state index >= 15 is 0 Å². The molecule has 0 aliphatic rings. The number of halogens is 1. The van der Waals surface area contributed by atoms with Gasteiger partial charge in [-0.15, -0.1) is 0 Å². The summed E-state index contributed by atoms with van der Waals surface area (Å²) in [5.74, 6) is 0.296.